The van der Waals surface area contributed by atoms with E-state index in [1.54, 1.807) is 24.2 Å². The molecule has 0 aliphatic carbocycles. The third-order valence-corrected chi connectivity index (χ3v) is 2.84. The molecule has 1 amide bonds. The maximum atomic E-state index is 11.1. The Morgan fingerprint density at radius 2 is 2.12 bits per heavy atom. The van der Waals surface area contributed by atoms with Gasteiger partial charge < -0.3 is 4.90 Å². The topological polar surface area (TPSA) is 46.1 Å². The van der Waals surface area contributed by atoms with Crippen LogP contribution >= 0.6 is 11.6 Å². The molecule has 0 spiro atoms. The van der Waals surface area contributed by atoms with E-state index in [1.165, 1.54) is 5.57 Å². The van der Waals surface area contributed by atoms with Crippen LogP contribution < -0.4 is 0 Å². The molecule has 4 nitrogen and oxygen atoms in total. The molecule has 84 valence electrons. The fraction of sp³-hybridized carbons (Fsp3) is 0.364. The van der Waals surface area contributed by atoms with Gasteiger partial charge in [-0.25, -0.2) is 9.97 Å². The monoisotopic (exact) mass is 237 g/mol. The molecule has 5 heteroatoms. The van der Waals surface area contributed by atoms with E-state index in [4.69, 9.17) is 11.6 Å². The first-order chi connectivity index (χ1) is 7.66. The molecule has 0 atom stereocenters. The van der Waals surface area contributed by atoms with Crippen molar-refractivity contribution in [3.63, 3.8) is 0 Å². The first-order valence-corrected chi connectivity index (χ1v) is 5.47. The van der Waals surface area contributed by atoms with E-state index in [-0.39, 0.29) is 11.2 Å². The Morgan fingerprint density at radius 3 is 2.62 bits per heavy atom. The van der Waals surface area contributed by atoms with Crippen LogP contribution in [0.5, 0.6) is 0 Å². The van der Waals surface area contributed by atoms with Gasteiger partial charge in [0, 0.05) is 38.0 Å². The van der Waals surface area contributed by atoms with Crippen LogP contribution in [0.3, 0.4) is 0 Å². The zero-order valence-corrected chi connectivity index (χ0v) is 9.74. The van der Waals surface area contributed by atoms with E-state index in [2.05, 4.69) is 9.97 Å². The van der Waals surface area contributed by atoms with Crippen molar-refractivity contribution in [2.24, 2.45) is 0 Å². The van der Waals surface area contributed by atoms with Crippen LogP contribution in [-0.2, 0) is 4.79 Å². The van der Waals surface area contributed by atoms with Gasteiger partial charge in [0.2, 0.25) is 11.2 Å². The highest BCUT2D eigenvalue weighted by molar-refractivity contribution is 6.28. The number of carbonyl (C=O) groups is 1. The summed E-state index contributed by atoms with van der Waals surface area (Å²) in [6, 6.07) is 0. The van der Waals surface area contributed by atoms with Gasteiger partial charge in [0.1, 0.15) is 0 Å². The van der Waals surface area contributed by atoms with Crippen molar-refractivity contribution in [3.05, 3.63) is 29.3 Å². The lowest BCUT2D eigenvalue weighted by molar-refractivity contribution is -0.128. The van der Waals surface area contributed by atoms with Gasteiger partial charge in [-0.2, -0.15) is 0 Å². The predicted octanol–water partition coefficient (Wildman–Crippen LogP) is 1.77. The molecule has 0 saturated heterocycles. The molecule has 1 aliphatic rings. The van der Waals surface area contributed by atoms with Crippen molar-refractivity contribution in [2.75, 3.05) is 13.1 Å². The molecule has 0 saturated carbocycles. The minimum atomic E-state index is 0.114. The molecule has 0 fully saturated rings. The van der Waals surface area contributed by atoms with Crippen LogP contribution in [0.2, 0.25) is 5.28 Å². The molecule has 0 N–H and O–H groups in total. The van der Waals surface area contributed by atoms with Crippen molar-refractivity contribution >= 4 is 23.1 Å². The average Bonchev–Trinajstić information content (AvgIpc) is 2.30. The zero-order chi connectivity index (χ0) is 11.5. The molecule has 2 heterocycles. The second kappa shape index (κ2) is 4.61. The van der Waals surface area contributed by atoms with Gasteiger partial charge in [-0.1, -0.05) is 6.08 Å². The maximum absolute atomic E-state index is 11.1. The summed E-state index contributed by atoms with van der Waals surface area (Å²) in [5.41, 5.74) is 2.15. The second-order valence-corrected chi connectivity index (χ2v) is 4.02. The van der Waals surface area contributed by atoms with Crippen molar-refractivity contribution in [1.29, 1.82) is 0 Å². The number of hydrogen-bond acceptors (Lipinski definition) is 3. The summed E-state index contributed by atoms with van der Waals surface area (Å²) >= 11 is 5.62. The lowest BCUT2D eigenvalue weighted by atomic mass is 10.0. The molecular formula is C11H12ClN3O. The normalized spacial score (nSPS) is 15.9. The molecule has 0 radical (unpaired) electrons. The smallest absolute Gasteiger partial charge is 0.222 e. The Hall–Kier alpha value is -1.42. The summed E-state index contributed by atoms with van der Waals surface area (Å²) in [7, 11) is 0. The van der Waals surface area contributed by atoms with Crippen LogP contribution in [0, 0.1) is 0 Å². The van der Waals surface area contributed by atoms with Crippen LogP contribution in [0.1, 0.15) is 18.9 Å². The summed E-state index contributed by atoms with van der Waals surface area (Å²) in [5, 5.41) is 0.255. The highest BCUT2D eigenvalue weighted by atomic mass is 35.5. The van der Waals surface area contributed by atoms with Crippen LogP contribution in [0.4, 0.5) is 0 Å². The molecule has 1 aromatic heterocycles. The fourth-order valence-electron chi connectivity index (χ4n) is 1.70. The maximum Gasteiger partial charge on any atom is 0.222 e. The summed E-state index contributed by atoms with van der Waals surface area (Å²) in [4.78, 5) is 20.8. The van der Waals surface area contributed by atoms with E-state index in [1.807, 2.05) is 6.08 Å². The van der Waals surface area contributed by atoms with Crippen molar-refractivity contribution in [3.8, 4) is 0 Å². The molecular weight excluding hydrogens is 226 g/mol. The number of carbonyl (C=O) groups excluding carboxylic acids is 1. The third kappa shape index (κ3) is 2.39. The lowest BCUT2D eigenvalue weighted by Crippen LogP contribution is -2.32. The van der Waals surface area contributed by atoms with Gasteiger partial charge in [-0.15, -0.1) is 0 Å². The Bertz CT molecular complexity index is 427. The van der Waals surface area contributed by atoms with Crippen LogP contribution in [0.25, 0.3) is 5.57 Å². The van der Waals surface area contributed by atoms with E-state index in [0.717, 1.165) is 18.5 Å². The van der Waals surface area contributed by atoms with Crippen molar-refractivity contribution in [1.82, 2.24) is 14.9 Å². The SMILES string of the molecule is CC(=O)N1CC=C(c2cnc(Cl)nc2)CC1. The number of nitrogens with zero attached hydrogens (tertiary/aromatic N) is 3. The summed E-state index contributed by atoms with van der Waals surface area (Å²) in [6.07, 6.45) is 6.30. The molecule has 1 aromatic rings. The summed E-state index contributed by atoms with van der Waals surface area (Å²) in [6.45, 7) is 3.00. The Kier molecular flexibility index (Phi) is 3.19. The summed E-state index contributed by atoms with van der Waals surface area (Å²) in [5.74, 6) is 0.114. The van der Waals surface area contributed by atoms with Crippen LogP contribution in [-0.4, -0.2) is 33.9 Å². The molecule has 16 heavy (non-hydrogen) atoms. The Morgan fingerprint density at radius 1 is 1.44 bits per heavy atom. The van der Waals surface area contributed by atoms with E-state index in [9.17, 15) is 4.79 Å². The quantitative estimate of drug-likeness (QED) is 0.700. The number of halogens is 1. The van der Waals surface area contributed by atoms with Gasteiger partial charge >= 0.3 is 0 Å². The van der Waals surface area contributed by atoms with Gasteiger partial charge in [0.15, 0.2) is 0 Å². The first-order valence-electron chi connectivity index (χ1n) is 5.09. The zero-order valence-electron chi connectivity index (χ0n) is 8.98. The number of hydrogen-bond donors (Lipinski definition) is 0. The van der Waals surface area contributed by atoms with Gasteiger partial charge in [-0.05, 0) is 23.6 Å². The Balaban J connectivity index is 2.13. The van der Waals surface area contributed by atoms with E-state index in [0.29, 0.717) is 6.54 Å². The molecule has 1 aliphatic heterocycles. The standard InChI is InChI=1S/C11H12ClN3O/c1-8(16)15-4-2-9(3-5-15)10-6-13-11(12)14-7-10/h2,6-7H,3-5H2,1H3. The van der Waals surface area contributed by atoms with Gasteiger partial charge in [0.25, 0.3) is 0 Å². The van der Waals surface area contributed by atoms with Crippen molar-refractivity contribution < 1.29 is 4.79 Å². The summed E-state index contributed by atoms with van der Waals surface area (Å²) < 4.78 is 0. The average molecular weight is 238 g/mol. The number of rotatable bonds is 1. The van der Waals surface area contributed by atoms with Gasteiger partial charge in [0.05, 0.1) is 0 Å². The highest BCUT2D eigenvalue weighted by Gasteiger charge is 2.14. The Labute approximate surface area is 99.0 Å². The molecule has 0 aromatic carbocycles. The minimum absolute atomic E-state index is 0.114. The second-order valence-electron chi connectivity index (χ2n) is 3.69. The van der Waals surface area contributed by atoms with E-state index >= 15 is 0 Å². The number of amides is 1. The fourth-order valence-corrected chi connectivity index (χ4v) is 1.79. The van der Waals surface area contributed by atoms with E-state index < -0.39 is 0 Å². The lowest BCUT2D eigenvalue weighted by Gasteiger charge is -2.25. The first kappa shape index (κ1) is 11.1. The highest BCUT2D eigenvalue weighted by Crippen LogP contribution is 2.21. The van der Waals surface area contributed by atoms with Crippen LogP contribution in [0.15, 0.2) is 18.5 Å². The molecule has 2 rings (SSSR count). The minimum Gasteiger partial charge on any atom is -0.339 e. The third-order valence-electron chi connectivity index (χ3n) is 2.65. The predicted molar refractivity (Wildman–Crippen MR) is 61.9 cm³/mol. The number of aromatic nitrogens is 2. The largest absolute Gasteiger partial charge is 0.339 e. The molecule has 0 bridgehead atoms. The molecule has 0 unspecified atom stereocenters. The van der Waals surface area contributed by atoms with Gasteiger partial charge in [-0.3, -0.25) is 4.79 Å². The van der Waals surface area contributed by atoms with Crippen molar-refractivity contribution in [2.45, 2.75) is 13.3 Å².